The minimum absolute atomic E-state index is 1.31. The number of hydrogen-bond donors (Lipinski definition) is 6. The second kappa shape index (κ2) is 5.10. The van der Waals surface area contributed by atoms with E-state index in [-0.39, 0.29) is 0 Å². The summed E-state index contributed by atoms with van der Waals surface area (Å²) in [5.74, 6) is -11.0. The molecule has 1 saturated heterocycles. The van der Waals surface area contributed by atoms with E-state index in [9.17, 15) is 39.9 Å². The summed E-state index contributed by atoms with van der Waals surface area (Å²) in [6.07, 6.45) is -9.95. The van der Waals surface area contributed by atoms with E-state index in [1.807, 2.05) is 0 Å². The van der Waals surface area contributed by atoms with Crippen molar-refractivity contribution in [1.82, 2.24) is 0 Å². The zero-order valence-corrected chi connectivity index (χ0v) is 10.4. The maximum absolute atomic E-state index is 11.5. The van der Waals surface area contributed by atoms with Crippen molar-refractivity contribution in [3.05, 3.63) is 11.5 Å². The molecule has 0 amide bonds. The summed E-state index contributed by atoms with van der Waals surface area (Å²) >= 11 is 0. The Kier molecular flexibility index (Phi) is 3.70. The Morgan fingerprint density at radius 1 is 0.909 bits per heavy atom. The van der Waals surface area contributed by atoms with Gasteiger partial charge in [0.1, 0.15) is 0 Å². The summed E-state index contributed by atoms with van der Waals surface area (Å²) in [6.45, 7) is 0. The number of ether oxygens (including phenoxy) is 3. The molecule has 0 aliphatic carbocycles. The molecule has 12 nitrogen and oxygen atoms in total. The van der Waals surface area contributed by atoms with Gasteiger partial charge in [-0.3, -0.25) is 0 Å². The molecule has 0 aromatic heterocycles. The van der Waals surface area contributed by atoms with Crippen LogP contribution in [0.3, 0.4) is 0 Å². The van der Waals surface area contributed by atoms with E-state index >= 15 is 0 Å². The fourth-order valence-corrected chi connectivity index (χ4v) is 1.70. The van der Waals surface area contributed by atoms with Gasteiger partial charge in [-0.1, -0.05) is 0 Å². The first kappa shape index (κ1) is 16.0. The third-order valence-electron chi connectivity index (χ3n) is 2.91. The first-order chi connectivity index (χ1) is 10.1. The Balaban J connectivity index is 2.41. The Bertz CT molecular complexity index is 566. The summed E-state index contributed by atoms with van der Waals surface area (Å²) in [5.41, 5.74) is 0. The lowest BCUT2D eigenvalue weighted by Crippen LogP contribution is -2.62. The molecule has 0 saturated carbocycles. The highest BCUT2D eigenvalue weighted by molar-refractivity contribution is 5.89. The number of aliphatic hydroxyl groups is 6. The second-order valence-electron chi connectivity index (χ2n) is 4.37. The molecule has 2 aliphatic rings. The van der Waals surface area contributed by atoms with E-state index in [2.05, 4.69) is 14.2 Å². The van der Waals surface area contributed by atoms with E-state index in [0.29, 0.717) is 0 Å². The first-order valence-electron chi connectivity index (χ1n) is 5.62. The smallest absolute Gasteiger partial charge is 0.378 e. The zero-order chi connectivity index (χ0) is 16.8. The molecule has 0 radical (unpaired) electrons. The summed E-state index contributed by atoms with van der Waals surface area (Å²) in [5, 5.41) is 56.8. The Labute approximate surface area is 120 Å². The van der Waals surface area contributed by atoms with Crippen molar-refractivity contribution in [2.75, 3.05) is 0 Å². The van der Waals surface area contributed by atoms with Gasteiger partial charge in [-0.15, -0.1) is 0 Å². The van der Waals surface area contributed by atoms with Crippen LogP contribution in [0.15, 0.2) is 11.5 Å². The van der Waals surface area contributed by atoms with Gasteiger partial charge in [0, 0.05) is 0 Å². The van der Waals surface area contributed by atoms with Crippen molar-refractivity contribution >= 4 is 17.9 Å². The fraction of sp³-hybridized carbons (Fsp3) is 0.500. The van der Waals surface area contributed by atoms with Crippen LogP contribution in [0, 0.1) is 0 Å². The largest absolute Gasteiger partial charge is 0.505 e. The molecule has 2 aliphatic heterocycles. The van der Waals surface area contributed by atoms with E-state index < -0.39 is 59.8 Å². The number of rotatable bonds is 1. The standard InChI is InChI=1S/C10H10O12/c11-1-2(12)6(15)20-5(1)10(19)9(18)21-7(16)3(13)4(14)8(17)22-10/h3-5,9,11-14,18-19H/t3?,4?,5-,9?,10-/m0/s1. The van der Waals surface area contributed by atoms with E-state index in [1.165, 1.54) is 0 Å². The molecular formula is C10H10O12. The van der Waals surface area contributed by atoms with Crippen molar-refractivity contribution in [1.29, 1.82) is 0 Å². The van der Waals surface area contributed by atoms with E-state index in [1.54, 1.807) is 0 Å². The predicted molar refractivity (Wildman–Crippen MR) is 57.3 cm³/mol. The summed E-state index contributed by atoms with van der Waals surface area (Å²) < 4.78 is 12.7. The Hall–Kier alpha value is -2.41. The molecule has 6 N–H and O–H groups in total. The van der Waals surface area contributed by atoms with E-state index in [0.717, 1.165) is 0 Å². The fourth-order valence-electron chi connectivity index (χ4n) is 1.70. The predicted octanol–water partition coefficient (Wildman–Crippen LogP) is -3.93. The van der Waals surface area contributed by atoms with Crippen LogP contribution >= 0.6 is 0 Å². The minimum Gasteiger partial charge on any atom is -0.505 e. The molecule has 2 heterocycles. The molecule has 0 aromatic carbocycles. The molecule has 12 heteroatoms. The van der Waals surface area contributed by atoms with Crippen LogP contribution in [-0.2, 0) is 28.6 Å². The van der Waals surface area contributed by atoms with E-state index in [4.69, 9.17) is 5.11 Å². The third kappa shape index (κ3) is 2.23. The number of aliphatic hydroxyl groups excluding tert-OH is 5. The van der Waals surface area contributed by atoms with Gasteiger partial charge in [-0.25, -0.2) is 14.4 Å². The van der Waals surface area contributed by atoms with Crippen molar-refractivity contribution in [2.45, 2.75) is 30.4 Å². The SMILES string of the molecule is O=C1O[C@H]([C@]2(O)OC(=O)C(O)C(O)C(=O)OC2O)C(O)=C1O. The highest BCUT2D eigenvalue weighted by atomic mass is 16.8. The van der Waals surface area contributed by atoms with Gasteiger partial charge >= 0.3 is 23.7 Å². The summed E-state index contributed by atoms with van der Waals surface area (Å²) in [6, 6.07) is 0. The van der Waals surface area contributed by atoms with Crippen LogP contribution in [0.4, 0.5) is 0 Å². The molecule has 0 aromatic rings. The molecule has 0 spiro atoms. The van der Waals surface area contributed by atoms with Crippen LogP contribution < -0.4 is 0 Å². The van der Waals surface area contributed by atoms with Gasteiger partial charge in [0.15, 0.2) is 18.0 Å². The minimum atomic E-state index is -3.38. The molecule has 122 valence electrons. The van der Waals surface area contributed by atoms with Gasteiger partial charge < -0.3 is 44.8 Å². The third-order valence-corrected chi connectivity index (χ3v) is 2.91. The zero-order valence-electron chi connectivity index (χ0n) is 10.4. The molecule has 1 fully saturated rings. The molecule has 5 atom stereocenters. The highest BCUT2D eigenvalue weighted by Crippen LogP contribution is 2.33. The average Bonchev–Trinajstić information content (AvgIpc) is 2.72. The van der Waals surface area contributed by atoms with Crippen LogP contribution in [0.25, 0.3) is 0 Å². The second-order valence-corrected chi connectivity index (χ2v) is 4.37. The molecule has 0 bridgehead atoms. The maximum Gasteiger partial charge on any atom is 0.378 e. The van der Waals surface area contributed by atoms with Crippen molar-refractivity contribution in [3.63, 3.8) is 0 Å². The van der Waals surface area contributed by atoms with Gasteiger partial charge in [0.05, 0.1) is 0 Å². The Morgan fingerprint density at radius 2 is 1.45 bits per heavy atom. The lowest BCUT2D eigenvalue weighted by Gasteiger charge is -2.37. The van der Waals surface area contributed by atoms with Gasteiger partial charge in [-0.05, 0) is 0 Å². The number of carbonyl (C=O) groups is 3. The number of carbonyl (C=O) groups excluding carboxylic acids is 3. The van der Waals surface area contributed by atoms with Crippen molar-refractivity contribution in [2.24, 2.45) is 0 Å². The van der Waals surface area contributed by atoms with Gasteiger partial charge in [0.2, 0.25) is 11.9 Å². The number of esters is 3. The highest BCUT2D eigenvalue weighted by Gasteiger charge is 2.60. The molecule has 22 heavy (non-hydrogen) atoms. The lowest BCUT2D eigenvalue weighted by atomic mass is 10.1. The summed E-state index contributed by atoms with van der Waals surface area (Å²) in [4.78, 5) is 33.9. The van der Waals surface area contributed by atoms with Crippen molar-refractivity contribution in [3.8, 4) is 0 Å². The first-order valence-corrected chi connectivity index (χ1v) is 5.62. The van der Waals surface area contributed by atoms with Gasteiger partial charge in [-0.2, -0.15) is 0 Å². The number of cyclic esters (lactones) is 3. The lowest BCUT2D eigenvalue weighted by molar-refractivity contribution is -0.339. The van der Waals surface area contributed by atoms with Crippen LogP contribution in [0.1, 0.15) is 0 Å². The normalized spacial score (nSPS) is 39.7. The Morgan fingerprint density at radius 3 is 1.95 bits per heavy atom. The topological polar surface area (TPSA) is 200 Å². The van der Waals surface area contributed by atoms with Crippen LogP contribution in [0.5, 0.6) is 0 Å². The molecular weight excluding hydrogens is 312 g/mol. The van der Waals surface area contributed by atoms with Crippen molar-refractivity contribution < 1.29 is 59.2 Å². The molecule has 2 rings (SSSR count). The molecule has 3 unspecified atom stereocenters. The number of hydrogen-bond acceptors (Lipinski definition) is 12. The summed E-state index contributed by atoms with van der Waals surface area (Å²) in [7, 11) is 0. The quantitative estimate of drug-likeness (QED) is 0.202. The average molecular weight is 322 g/mol. The van der Waals surface area contributed by atoms with Crippen LogP contribution in [-0.4, -0.2) is 78.9 Å². The van der Waals surface area contributed by atoms with Crippen LogP contribution in [0.2, 0.25) is 0 Å². The van der Waals surface area contributed by atoms with Gasteiger partial charge in [0.25, 0.3) is 6.29 Å². The monoisotopic (exact) mass is 322 g/mol. The maximum atomic E-state index is 11.5.